The summed E-state index contributed by atoms with van der Waals surface area (Å²) in [5.74, 6) is -0.165. The normalized spacial score (nSPS) is 16.2. The topological polar surface area (TPSA) is 82.8 Å². The van der Waals surface area contributed by atoms with E-state index in [-0.39, 0.29) is 12.5 Å². The number of rotatable bonds is 6. The van der Waals surface area contributed by atoms with Gasteiger partial charge in [0.2, 0.25) is 0 Å². The van der Waals surface area contributed by atoms with Gasteiger partial charge in [0.1, 0.15) is 5.76 Å². The summed E-state index contributed by atoms with van der Waals surface area (Å²) < 4.78 is 5.24. The first kappa shape index (κ1) is 14.4. The number of furan rings is 1. The van der Waals surface area contributed by atoms with Crippen LogP contribution >= 0.6 is 0 Å². The molecule has 20 heavy (non-hydrogen) atoms. The molecule has 1 aromatic heterocycles. The number of urea groups is 1. The summed E-state index contributed by atoms with van der Waals surface area (Å²) in [6.07, 6.45) is 3.96. The van der Waals surface area contributed by atoms with Gasteiger partial charge in [-0.2, -0.15) is 0 Å². The Morgan fingerprint density at radius 2 is 2.25 bits per heavy atom. The van der Waals surface area contributed by atoms with Crippen molar-refractivity contribution in [1.82, 2.24) is 10.2 Å². The molecule has 0 aromatic carbocycles. The van der Waals surface area contributed by atoms with Crippen molar-refractivity contribution in [1.29, 1.82) is 0 Å². The van der Waals surface area contributed by atoms with Crippen molar-refractivity contribution in [3.63, 3.8) is 0 Å². The number of carboxylic acid groups (broad SMARTS) is 1. The molecule has 1 aliphatic rings. The second kappa shape index (κ2) is 5.98. The van der Waals surface area contributed by atoms with Gasteiger partial charge < -0.3 is 19.7 Å². The van der Waals surface area contributed by atoms with Crippen LogP contribution in [0.15, 0.2) is 22.8 Å². The summed E-state index contributed by atoms with van der Waals surface area (Å²) in [7, 11) is 0. The second-order valence-corrected chi connectivity index (χ2v) is 5.23. The smallest absolute Gasteiger partial charge is 0.318 e. The Kier molecular flexibility index (Phi) is 4.32. The maximum absolute atomic E-state index is 12.3. The Morgan fingerprint density at radius 3 is 2.70 bits per heavy atom. The van der Waals surface area contributed by atoms with E-state index in [1.165, 1.54) is 0 Å². The van der Waals surface area contributed by atoms with Crippen LogP contribution in [0.25, 0.3) is 0 Å². The van der Waals surface area contributed by atoms with E-state index in [1.807, 2.05) is 13.0 Å². The molecule has 1 fully saturated rings. The Bertz CT molecular complexity index is 466. The first-order valence-electron chi connectivity index (χ1n) is 6.86. The second-order valence-electron chi connectivity index (χ2n) is 5.23. The fourth-order valence-electron chi connectivity index (χ4n) is 2.46. The molecule has 0 unspecified atom stereocenters. The fraction of sp³-hybridized carbons (Fsp3) is 0.571. The van der Waals surface area contributed by atoms with Gasteiger partial charge in [0, 0.05) is 6.54 Å². The Morgan fingerprint density at radius 1 is 1.50 bits per heavy atom. The minimum Gasteiger partial charge on any atom is -0.481 e. The van der Waals surface area contributed by atoms with E-state index < -0.39 is 11.5 Å². The van der Waals surface area contributed by atoms with Crippen molar-refractivity contribution in [3.8, 4) is 0 Å². The SMILES string of the molecule is CCN(Cc1ccco1)C(=O)NC1(CC(=O)O)CCC1. The molecule has 2 N–H and O–H groups in total. The molecule has 0 saturated heterocycles. The molecule has 2 rings (SSSR count). The van der Waals surface area contributed by atoms with E-state index in [4.69, 9.17) is 9.52 Å². The number of nitrogens with one attached hydrogen (secondary N) is 1. The lowest BCUT2D eigenvalue weighted by Gasteiger charge is -2.42. The van der Waals surface area contributed by atoms with Crippen LogP contribution in [-0.4, -0.2) is 34.1 Å². The molecule has 1 aromatic rings. The lowest BCUT2D eigenvalue weighted by Crippen LogP contribution is -2.57. The number of hydrogen-bond donors (Lipinski definition) is 2. The van der Waals surface area contributed by atoms with Gasteiger partial charge in [0.15, 0.2) is 0 Å². The summed E-state index contributed by atoms with van der Waals surface area (Å²) in [6, 6.07) is 3.36. The molecular formula is C14H20N2O4. The zero-order valence-electron chi connectivity index (χ0n) is 11.6. The van der Waals surface area contributed by atoms with Crippen LogP contribution in [0.3, 0.4) is 0 Å². The fourth-order valence-corrected chi connectivity index (χ4v) is 2.46. The van der Waals surface area contributed by atoms with Crippen LogP contribution in [0.4, 0.5) is 4.79 Å². The van der Waals surface area contributed by atoms with Crippen molar-refractivity contribution in [2.75, 3.05) is 6.54 Å². The van der Waals surface area contributed by atoms with Crippen LogP contribution in [0, 0.1) is 0 Å². The van der Waals surface area contributed by atoms with E-state index in [9.17, 15) is 9.59 Å². The molecule has 0 radical (unpaired) electrons. The quantitative estimate of drug-likeness (QED) is 0.837. The third-order valence-corrected chi connectivity index (χ3v) is 3.77. The van der Waals surface area contributed by atoms with Gasteiger partial charge in [-0.15, -0.1) is 0 Å². The van der Waals surface area contributed by atoms with Gasteiger partial charge >= 0.3 is 12.0 Å². The van der Waals surface area contributed by atoms with Crippen LogP contribution in [-0.2, 0) is 11.3 Å². The number of amides is 2. The predicted molar refractivity (Wildman–Crippen MR) is 72.2 cm³/mol. The first-order valence-corrected chi connectivity index (χ1v) is 6.86. The lowest BCUT2D eigenvalue weighted by atomic mass is 9.74. The monoisotopic (exact) mass is 280 g/mol. The summed E-state index contributed by atoms with van der Waals surface area (Å²) >= 11 is 0. The van der Waals surface area contributed by atoms with Crippen molar-refractivity contribution in [3.05, 3.63) is 24.2 Å². The number of carboxylic acids is 1. The summed E-state index contributed by atoms with van der Waals surface area (Å²) in [4.78, 5) is 24.8. The molecule has 0 bridgehead atoms. The molecular weight excluding hydrogens is 260 g/mol. The number of carbonyl (C=O) groups is 2. The highest BCUT2D eigenvalue weighted by atomic mass is 16.4. The van der Waals surface area contributed by atoms with Crippen molar-refractivity contribution >= 4 is 12.0 Å². The number of nitrogens with zero attached hydrogens (tertiary/aromatic N) is 1. The van der Waals surface area contributed by atoms with Gasteiger partial charge in [0.25, 0.3) is 0 Å². The van der Waals surface area contributed by atoms with Crippen molar-refractivity contribution < 1.29 is 19.1 Å². The van der Waals surface area contributed by atoms with Gasteiger partial charge in [-0.3, -0.25) is 4.79 Å². The Balaban J connectivity index is 1.96. The minimum atomic E-state index is -0.876. The molecule has 0 aliphatic heterocycles. The van der Waals surface area contributed by atoms with E-state index in [1.54, 1.807) is 17.2 Å². The first-order chi connectivity index (χ1) is 9.54. The molecule has 0 atom stereocenters. The number of carbonyl (C=O) groups excluding carboxylic acids is 1. The molecule has 6 nitrogen and oxygen atoms in total. The zero-order chi connectivity index (χ0) is 14.6. The molecule has 2 amide bonds. The maximum Gasteiger partial charge on any atom is 0.318 e. The maximum atomic E-state index is 12.3. The molecule has 0 spiro atoms. The third kappa shape index (κ3) is 3.31. The minimum absolute atomic E-state index is 0.0168. The molecule has 1 heterocycles. The highest BCUT2D eigenvalue weighted by Crippen LogP contribution is 2.35. The predicted octanol–water partition coefficient (Wildman–Crippen LogP) is 2.21. The highest BCUT2D eigenvalue weighted by Gasteiger charge is 2.41. The van der Waals surface area contributed by atoms with Gasteiger partial charge in [-0.25, -0.2) is 4.79 Å². The van der Waals surface area contributed by atoms with Crippen LogP contribution in [0.1, 0.15) is 38.4 Å². The molecule has 6 heteroatoms. The average molecular weight is 280 g/mol. The molecule has 110 valence electrons. The number of aliphatic carboxylic acids is 1. The summed E-state index contributed by atoms with van der Waals surface area (Å²) in [6.45, 7) is 2.81. The van der Waals surface area contributed by atoms with E-state index >= 15 is 0 Å². The van der Waals surface area contributed by atoms with Crippen LogP contribution < -0.4 is 5.32 Å². The third-order valence-electron chi connectivity index (χ3n) is 3.77. The Hall–Kier alpha value is -1.98. The Labute approximate surface area is 117 Å². The lowest BCUT2D eigenvalue weighted by molar-refractivity contribution is -0.139. The standard InChI is InChI=1S/C14H20N2O4/c1-2-16(10-11-5-3-8-20-11)13(19)15-14(6-4-7-14)9-12(17)18/h3,5,8H,2,4,6-7,9-10H2,1H3,(H,15,19)(H,17,18). The van der Waals surface area contributed by atoms with E-state index in [2.05, 4.69) is 5.32 Å². The van der Waals surface area contributed by atoms with Gasteiger partial charge in [-0.05, 0) is 38.3 Å². The van der Waals surface area contributed by atoms with E-state index in [0.717, 1.165) is 19.3 Å². The molecule has 1 aliphatic carbocycles. The van der Waals surface area contributed by atoms with Gasteiger partial charge in [0.05, 0.1) is 24.8 Å². The largest absolute Gasteiger partial charge is 0.481 e. The highest BCUT2D eigenvalue weighted by molar-refractivity contribution is 5.77. The van der Waals surface area contributed by atoms with Crippen LogP contribution in [0.2, 0.25) is 0 Å². The summed E-state index contributed by atoms with van der Waals surface area (Å²) in [5, 5.41) is 11.8. The van der Waals surface area contributed by atoms with Gasteiger partial charge in [-0.1, -0.05) is 0 Å². The van der Waals surface area contributed by atoms with E-state index in [0.29, 0.717) is 18.8 Å². The zero-order valence-corrected chi connectivity index (χ0v) is 11.6. The average Bonchev–Trinajstić information content (AvgIpc) is 2.85. The summed E-state index contributed by atoms with van der Waals surface area (Å²) in [5.41, 5.74) is -0.570. The van der Waals surface area contributed by atoms with Crippen molar-refractivity contribution in [2.24, 2.45) is 0 Å². The number of hydrogen-bond acceptors (Lipinski definition) is 3. The van der Waals surface area contributed by atoms with Crippen molar-refractivity contribution in [2.45, 2.75) is 44.7 Å². The molecule has 1 saturated carbocycles. The van der Waals surface area contributed by atoms with Crippen LogP contribution in [0.5, 0.6) is 0 Å².